The topological polar surface area (TPSA) is 173 Å². The van der Waals surface area contributed by atoms with Gasteiger partial charge in [0.05, 0.1) is 30.2 Å². The highest BCUT2D eigenvalue weighted by molar-refractivity contribution is 5.89. The number of carbonyl (C=O) groups is 5. The van der Waals surface area contributed by atoms with Gasteiger partial charge in [0.2, 0.25) is 0 Å². The number of benzene rings is 1. The van der Waals surface area contributed by atoms with Crippen molar-refractivity contribution in [2.24, 2.45) is 11.8 Å². The molecular weight excluding hydrogens is 690 g/mol. The van der Waals surface area contributed by atoms with Crippen molar-refractivity contribution in [2.45, 2.75) is 121 Å². The van der Waals surface area contributed by atoms with E-state index in [4.69, 9.17) is 33.2 Å². The molecule has 0 saturated carbocycles. The van der Waals surface area contributed by atoms with Gasteiger partial charge in [-0.2, -0.15) is 0 Å². The van der Waals surface area contributed by atoms with E-state index in [1.807, 2.05) is 6.92 Å². The van der Waals surface area contributed by atoms with Crippen molar-refractivity contribution < 1.29 is 62.2 Å². The molecule has 1 aromatic rings. The first-order chi connectivity index (χ1) is 25.2. The van der Waals surface area contributed by atoms with Crippen LogP contribution < -0.4 is 0 Å². The monoisotopic (exact) mass is 745 g/mol. The second kappa shape index (κ2) is 21.1. The fourth-order valence-electron chi connectivity index (χ4n) is 6.84. The summed E-state index contributed by atoms with van der Waals surface area (Å²) in [6.45, 7) is 7.75. The number of aliphatic hydroxyl groups is 1. The molecular formula is C39H55NO13. The number of hydrogen-bond acceptors (Lipinski definition) is 14. The van der Waals surface area contributed by atoms with Crippen LogP contribution in [0.15, 0.2) is 54.6 Å². The first-order valence-corrected chi connectivity index (χ1v) is 17.9. The van der Waals surface area contributed by atoms with E-state index in [1.165, 1.54) is 21.0 Å². The maximum absolute atomic E-state index is 13.2. The number of allylic oxidation sites excluding steroid dienone is 2. The fourth-order valence-corrected chi connectivity index (χ4v) is 6.84. The van der Waals surface area contributed by atoms with Gasteiger partial charge in [-0.1, -0.05) is 43.4 Å². The highest BCUT2D eigenvalue weighted by atomic mass is 16.7. The van der Waals surface area contributed by atoms with Crippen LogP contribution in [0.3, 0.4) is 0 Å². The van der Waals surface area contributed by atoms with Crippen molar-refractivity contribution in [3.63, 3.8) is 0 Å². The first kappa shape index (κ1) is 43.5. The summed E-state index contributed by atoms with van der Waals surface area (Å²) < 4.78 is 41.6. The number of methoxy groups -OCH3 is 1. The number of likely N-dealkylation sites (N-methyl/N-ethyl adjacent to an activating group) is 1. The van der Waals surface area contributed by atoms with Gasteiger partial charge in [0.25, 0.3) is 0 Å². The van der Waals surface area contributed by atoms with Crippen LogP contribution in [0.25, 0.3) is 0 Å². The van der Waals surface area contributed by atoms with Gasteiger partial charge in [-0.25, -0.2) is 4.79 Å². The number of aldehydes is 1. The molecule has 53 heavy (non-hydrogen) atoms. The SMILES string of the molecule is CO[C@@H]1[C@@H](O[C@@H]2O[C@H](C)[C@@H](OC(=O)c3ccccc3)[C@H](N(C)C)[C@H]2O)[C@@H](CC=O)C[C@@H](C)[C@@H](OC(C)=O)/C=C/C=C/C[C@@H](C)OC(=O)C[C@H]1OC(C)=O. The Bertz CT molecular complexity index is 1410. The van der Waals surface area contributed by atoms with E-state index in [0.717, 1.165) is 0 Å². The Hall–Kier alpha value is -3.95. The summed E-state index contributed by atoms with van der Waals surface area (Å²) in [5.41, 5.74) is 0.326. The van der Waals surface area contributed by atoms with Gasteiger partial charge in [0.15, 0.2) is 6.29 Å². The molecule has 14 heteroatoms. The molecule has 1 N–H and O–H groups in total. The van der Waals surface area contributed by atoms with Crippen LogP contribution in [0.5, 0.6) is 0 Å². The largest absolute Gasteiger partial charge is 0.462 e. The number of hydrogen-bond donors (Lipinski definition) is 1. The van der Waals surface area contributed by atoms with Crippen LogP contribution in [0.2, 0.25) is 0 Å². The fraction of sp³-hybridized carbons (Fsp3) is 0.615. The Balaban J connectivity index is 2.09. The van der Waals surface area contributed by atoms with Crippen LogP contribution >= 0.6 is 0 Å². The molecule has 0 radical (unpaired) electrons. The van der Waals surface area contributed by atoms with E-state index in [1.54, 1.807) is 87.5 Å². The van der Waals surface area contributed by atoms with E-state index in [0.29, 0.717) is 18.3 Å². The molecule has 0 bridgehead atoms. The van der Waals surface area contributed by atoms with Gasteiger partial charge in [-0.3, -0.25) is 14.4 Å². The van der Waals surface area contributed by atoms with Gasteiger partial charge in [0.1, 0.15) is 42.9 Å². The lowest BCUT2D eigenvalue weighted by molar-refractivity contribution is -0.309. The minimum Gasteiger partial charge on any atom is -0.462 e. The molecule has 14 nitrogen and oxygen atoms in total. The summed E-state index contributed by atoms with van der Waals surface area (Å²) in [6.07, 6.45) is -1.51. The predicted molar refractivity (Wildman–Crippen MR) is 191 cm³/mol. The molecule has 2 aliphatic rings. The molecule has 0 amide bonds. The number of nitrogens with zero attached hydrogens (tertiary/aromatic N) is 1. The molecule has 1 saturated heterocycles. The molecule has 2 heterocycles. The van der Waals surface area contributed by atoms with Crippen molar-refractivity contribution in [2.75, 3.05) is 21.2 Å². The third kappa shape index (κ3) is 12.8. The number of cyclic esters (lactones) is 1. The van der Waals surface area contributed by atoms with Crippen molar-refractivity contribution >= 4 is 30.2 Å². The van der Waals surface area contributed by atoms with Crippen LogP contribution in [-0.4, -0.2) is 123 Å². The quantitative estimate of drug-likeness (QED) is 0.209. The van der Waals surface area contributed by atoms with Crippen molar-refractivity contribution in [1.82, 2.24) is 4.90 Å². The minimum absolute atomic E-state index is 0.0909. The van der Waals surface area contributed by atoms with Crippen molar-refractivity contribution in [1.29, 1.82) is 0 Å². The van der Waals surface area contributed by atoms with Gasteiger partial charge in [-0.15, -0.1) is 0 Å². The molecule has 2 aliphatic heterocycles. The number of carbonyl (C=O) groups excluding carboxylic acids is 5. The first-order valence-electron chi connectivity index (χ1n) is 17.9. The third-order valence-electron chi connectivity index (χ3n) is 9.31. The Kier molecular flexibility index (Phi) is 17.3. The maximum Gasteiger partial charge on any atom is 0.338 e. The molecule has 3 rings (SSSR count). The molecule has 0 unspecified atom stereocenters. The molecule has 0 aromatic heterocycles. The predicted octanol–water partition coefficient (Wildman–Crippen LogP) is 3.58. The summed E-state index contributed by atoms with van der Waals surface area (Å²) in [5.74, 6) is -3.55. The van der Waals surface area contributed by atoms with E-state index in [2.05, 4.69) is 0 Å². The molecule has 12 atom stereocenters. The normalized spacial score (nSPS) is 34.3. The van der Waals surface area contributed by atoms with Crippen LogP contribution in [0.4, 0.5) is 0 Å². The van der Waals surface area contributed by atoms with Crippen LogP contribution in [-0.2, 0) is 52.3 Å². The number of esters is 4. The summed E-state index contributed by atoms with van der Waals surface area (Å²) in [5, 5.41) is 11.9. The zero-order chi connectivity index (χ0) is 39.2. The Morgan fingerprint density at radius 1 is 0.962 bits per heavy atom. The lowest BCUT2D eigenvalue weighted by Gasteiger charge is -2.47. The lowest BCUT2D eigenvalue weighted by atomic mass is 9.82. The van der Waals surface area contributed by atoms with Crippen LogP contribution in [0, 0.1) is 11.8 Å². The highest BCUT2D eigenvalue weighted by Crippen LogP contribution is 2.35. The van der Waals surface area contributed by atoms with Crippen molar-refractivity contribution in [3.8, 4) is 0 Å². The second-order valence-corrected chi connectivity index (χ2v) is 13.8. The zero-order valence-corrected chi connectivity index (χ0v) is 31.8. The Labute approximate surface area is 311 Å². The zero-order valence-electron chi connectivity index (χ0n) is 31.8. The van der Waals surface area contributed by atoms with Gasteiger partial charge in [0, 0.05) is 33.8 Å². The van der Waals surface area contributed by atoms with Gasteiger partial charge >= 0.3 is 23.9 Å². The van der Waals surface area contributed by atoms with Crippen molar-refractivity contribution in [3.05, 3.63) is 60.2 Å². The molecule has 294 valence electrons. The summed E-state index contributed by atoms with van der Waals surface area (Å²) in [4.78, 5) is 64.9. The minimum atomic E-state index is -1.41. The van der Waals surface area contributed by atoms with Gasteiger partial charge < -0.3 is 48.0 Å². The molecule has 1 fully saturated rings. The Morgan fingerprint density at radius 2 is 1.64 bits per heavy atom. The summed E-state index contributed by atoms with van der Waals surface area (Å²) >= 11 is 0. The Morgan fingerprint density at radius 3 is 2.25 bits per heavy atom. The molecule has 0 aliphatic carbocycles. The average molecular weight is 746 g/mol. The lowest BCUT2D eigenvalue weighted by Crippen LogP contribution is -2.64. The maximum atomic E-state index is 13.2. The van der Waals surface area contributed by atoms with Gasteiger partial charge in [-0.05, 0) is 64.4 Å². The molecule has 1 aromatic carbocycles. The third-order valence-corrected chi connectivity index (χ3v) is 9.31. The van der Waals surface area contributed by atoms with E-state index in [9.17, 15) is 29.1 Å². The van der Waals surface area contributed by atoms with E-state index in [-0.39, 0.29) is 18.8 Å². The van der Waals surface area contributed by atoms with E-state index < -0.39 is 97.4 Å². The second-order valence-electron chi connectivity index (χ2n) is 13.8. The highest BCUT2D eigenvalue weighted by Gasteiger charge is 2.50. The summed E-state index contributed by atoms with van der Waals surface area (Å²) in [7, 11) is 4.78. The van der Waals surface area contributed by atoms with E-state index >= 15 is 0 Å². The number of rotatable bonds is 10. The standard InChI is InChI=1S/C39H55NO13/c1-23-21-29(19-20-41)36(53-39-34(45)33(40(6)7)35(25(3)49-39)52-38(46)28-16-12-10-13-17-28)37(47-8)31(51-27(5)43)22-32(44)48-24(2)15-11-9-14-18-30(23)50-26(4)42/h9-14,16-18,20,23-25,29-31,33-37,39,45H,15,19,21-22H2,1-8H3/b11-9+,18-14+/t23-,24-,25-,29+,30+,31-,33-,34-,35-,36+,37+,39+/m1/s1. The van der Waals surface area contributed by atoms with Crippen LogP contribution in [0.1, 0.15) is 70.7 Å². The molecule has 0 spiro atoms. The number of ether oxygens (including phenoxy) is 7. The average Bonchev–Trinajstić information content (AvgIpc) is 3.08. The smallest absolute Gasteiger partial charge is 0.338 e. The number of aliphatic hydroxyl groups excluding tert-OH is 1. The summed E-state index contributed by atoms with van der Waals surface area (Å²) in [6, 6.07) is 7.61.